The van der Waals surface area contributed by atoms with Gasteiger partial charge in [-0.25, -0.2) is 9.37 Å². The summed E-state index contributed by atoms with van der Waals surface area (Å²) in [5, 5.41) is 20.1. The number of rotatable bonds is 7. The first-order valence-corrected chi connectivity index (χ1v) is 10.5. The van der Waals surface area contributed by atoms with E-state index >= 15 is 0 Å². The van der Waals surface area contributed by atoms with Crippen molar-refractivity contribution in [2.75, 3.05) is 11.1 Å². The first-order chi connectivity index (χ1) is 16.1. The van der Waals surface area contributed by atoms with E-state index in [0.29, 0.717) is 11.8 Å². The third-order valence-corrected chi connectivity index (χ3v) is 5.11. The van der Waals surface area contributed by atoms with Crippen molar-refractivity contribution in [2.24, 2.45) is 10.2 Å². The SMILES string of the molecule is CCCCc1ccc(Nc2nc(N)c(C#N)c(C)c2N=Nc2ccc(F)cc2C(F)(F)F)cc1. The number of nitrogen functional groups attached to an aromatic ring is 1. The molecule has 3 aromatic rings. The van der Waals surface area contributed by atoms with Gasteiger partial charge in [0, 0.05) is 11.3 Å². The number of aryl methyl sites for hydroxylation is 1. The number of azo groups is 1. The molecule has 0 aliphatic carbocycles. The zero-order valence-electron chi connectivity index (χ0n) is 18.5. The molecule has 1 heterocycles. The normalized spacial score (nSPS) is 11.6. The van der Waals surface area contributed by atoms with Gasteiger partial charge in [0.25, 0.3) is 0 Å². The molecule has 34 heavy (non-hydrogen) atoms. The summed E-state index contributed by atoms with van der Waals surface area (Å²) in [5.74, 6) is -0.985. The molecule has 0 saturated carbocycles. The maximum Gasteiger partial charge on any atom is 0.418 e. The molecule has 2 aromatic carbocycles. The molecule has 0 radical (unpaired) electrons. The van der Waals surface area contributed by atoms with Crippen molar-refractivity contribution in [3.63, 3.8) is 0 Å². The molecule has 0 aliphatic heterocycles. The van der Waals surface area contributed by atoms with E-state index in [1.807, 2.05) is 30.3 Å². The third-order valence-electron chi connectivity index (χ3n) is 5.11. The third kappa shape index (κ3) is 5.67. The van der Waals surface area contributed by atoms with Crippen molar-refractivity contribution in [3.05, 3.63) is 70.5 Å². The second-order valence-corrected chi connectivity index (χ2v) is 7.59. The van der Waals surface area contributed by atoms with Crippen LogP contribution in [0.3, 0.4) is 0 Å². The molecule has 0 amide bonds. The van der Waals surface area contributed by atoms with Crippen LogP contribution in [-0.4, -0.2) is 4.98 Å². The summed E-state index contributed by atoms with van der Waals surface area (Å²) >= 11 is 0. The number of nitriles is 1. The van der Waals surface area contributed by atoms with Crippen molar-refractivity contribution in [1.29, 1.82) is 5.26 Å². The van der Waals surface area contributed by atoms with E-state index in [9.17, 15) is 22.8 Å². The zero-order valence-corrected chi connectivity index (χ0v) is 18.5. The summed E-state index contributed by atoms with van der Waals surface area (Å²) in [5.41, 5.74) is 6.22. The lowest BCUT2D eigenvalue weighted by molar-refractivity contribution is -0.137. The average molecular weight is 470 g/mol. The van der Waals surface area contributed by atoms with E-state index in [2.05, 4.69) is 27.5 Å². The van der Waals surface area contributed by atoms with Gasteiger partial charge >= 0.3 is 6.18 Å². The van der Waals surface area contributed by atoms with Gasteiger partial charge in [0.15, 0.2) is 5.82 Å². The number of hydrogen-bond donors (Lipinski definition) is 2. The number of alkyl halides is 3. The van der Waals surface area contributed by atoms with Crippen LogP contribution in [0.15, 0.2) is 52.7 Å². The molecule has 3 rings (SSSR count). The van der Waals surface area contributed by atoms with Gasteiger partial charge in [-0.15, -0.1) is 10.2 Å². The molecule has 10 heteroatoms. The lowest BCUT2D eigenvalue weighted by atomic mass is 10.1. The van der Waals surface area contributed by atoms with E-state index in [1.54, 1.807) is 6.92 Å². The van der Waals surface area contributed by atoms with Crippen LogP contribution in [0.1, 0.15) is 42.0 Å². The van der Waals surface area contributed by atoms with Crippen LogP contribution < -0.4 is 11.1 Å². The maximum atomic E-state index is 13.4. The molecule has 0 atom stereocenters. The van der Waals surface area contributed by atoms with Gasteiger partial charge in [-0.3, -0.25) is 0 Å². The Labute approximate surface area is 194 Å². The second-order valence-electron chi connectivity index (χ2n) is 7.59. The van der Waals surface area contributed by atoms with Gasteiger partial charge in [0.2, 0.25) is 0 Å². The van der Waals surface area contributed by atoms with Crippen LogP contribution in [0.5, 0.6) is 0 Å². The monoisotopic (exact) mass is 470 g/mol. The van der Waals surface area contributed by atoms with E-state index in [1.165, 1.54) is 0 Å². The van der Waals surface area contributed by atoms with Crippen LogP contribution in [0, 0.1) is 24.1 Å². The van der Waals surface area contributed by atoms with Crippen molar-refractivity contribution in [3.8, 4) is 6.07 Å². The van der Waals surface area contributed by atoms with Crippen molar-refractivity contribution < 1.29 is 17.6 Å². The number of benzene rings is 2. The minimum Gasteiger partial charge on any atom is -0.383 e. The van der Waals surface area contributed by atoms with Crippen LogP contribution >= 0.6 is 0 Å². The summed E-state index contributed by atoms with van der Waals surface area (Å²) in [6.45, 7) is 3.65. The molecular formula is C24H22F4N6. The predicted molar refractivity (Wildman–Crippen MR) is 122 cm³/mol. The summed E-state index contributed by atoms with van der Waals surface area (Å²) in [6.07, 6.45) is -1.75. The lowest BCUT2D eigenvalue weighted by Crippen LogP contribution is -2.05. The van der Waals surface area contributed by atoms with E-state index in [4.69, 9.17) is 5.73 Å². The number of halogens is 4. The summed E-state index contributed by atoms with van der Waals surface area (Å²) < 4.78 is 53.4. The number of nitrogens with zero attached hydrogens (tertiary/aromatic N) is 4. The Morgan fingerprint density at radius 3 is 2.44 bits per heavy atom. The average Bonchev–Trinajstić information content (AvgIpc) is 2.78. The summed E-state index contributed by atoms with van der Waals surface area (Å²) in [7, 11) is 0. The Balaban J connectivity index is 2.03. The molecule has 3 N–H and O–H groups in total. The molecule has 0 unspecified atom stereocenters. The fourth-order valence-corrected chi connectivity index (χ4v) is 3.27. The molecule has 0 saturated heterocycles. The fourth-order valence-electron chi connectivity index (χ4n) is 3.27. The van der Waals surface area contributed by atoms with Crippen LogP contribution in [0.4, 0.5) is 46.3 Å². The molecular weight excluding hydrogens is 448 g/mol. The fraction of sp³-hybridized carbons (Fsp3) is 0.250. The standard InChI is InChI=1S/C24H22F4N6/c1-3-4-5-15-6-9-17(10-7-15)31-23-21(14(2)18(13-29)22(30)32-23)34-33-20-11-8-16(25)12-19(20)24(26,27)28/h6-12H,3-5H2,1-2H3,(H3,30,31,32). The highest BCUT2D eigenvalue weighted by molar-refractivity contribution is 5.76. The number of nitrogens with two attached hydrogens (primary N) is 1. The first kappa shape index (κ1) is 24.6. The van der Waals surface area contributed by atoms with Crippen LogP contribution in [0.2, 0.25) is 0 Å². The minimum absolute atomic E-state index is 0.0320. The highest BCUT2D eigenvalue weighted by Crippen LogP contribution is 2.39. The van der Waals surface area contributed by atoms with Gasteiger partial charge in [-0.05, 0) is 55.7 Å². The zero-order chi connectivity index (χ0) is 24.9. The van der Waals surface area contributed by atoms with Crippen molar-refractivity contribution >= 4 is 28.7 Å². The van der Waals surface area contributed by atoms with Crippen molar-refractivity contribution in [1.82, 2.24) is 4.98 Å². The summed E-state index contributed by atoms with van der Waals surface area (Å²) in [6, 6.07) is 11.6. The van der Waals surface area contributed by atoms with Gasteiger partial charge < -0.3 is 11.1 Å². The molecule has 176 valence electrons. The number of nitrogens with one attached hydrogen (secondary N) is 1. The second kappa shape index (κ2) is 10.3. The lowest BCUT2D eigenvalue weighted by Gasteiger charge is -2.13. The number of pyridine rings is 1. The van der Waals surface area contributed by atoms with Crippen LogP contribution in [0.25, 0.3) is 0 Å². The topological polar surface area (TPSA) is 99.4 Å². The van der Waals surface area contributed by atoms with E-state index in [-0.39, 0.29) is 28.5 Å². The van der Waals surface area contributed by atoms with Gasteiger partial charge in [0.05, 0.1) is 16.8 Å². The van der Waals surface area contributed by atoms with Gasteiger partial charge in [-0.2, -0.15) is 18.4 Å². The Morgan fingerprint density at radius 2 is 1.82 bits per heavy atom. The molecule has 6 nitrogen and oxygen atoms in total. The Kier molecular flexibility index (Phi) is 7.46. The van der Waals surface area contributed by atoms with Gasteiger partial charge in [-0.1, -0.05) is 25.5 Å². The van der Waals surface area contributed by atoms with Crippen LogP contribution in [-0.2, 0) is 12.6 Å². The quantitative estimate of drug-likeness (QED) is 0.276. The number of aromatic nitrogens is 1. The molecule has 1 aromatic heterocycles. The molecule has 0 bridgehead atoms. The van der Waals surface area contributed by atoms with E-state index in [0.717, 1.165) is 37.0 Å². The first-order valence-electron chi connectivity index (χ1n) is 10.5. The van der Waals surface area contributed by atoms with Crippen molar-refractivity contribution in [2.45, 2.75) is 39.3 Å². The molecule has 0 fully saturated rings. The Hall–Kier alpha value is -4.00. The minimum atomic E-state index is -4.83. The molecule has 0 aliphatic rings. The Bertz CT molecular complexity index is 1240. The predicted octanol–water partition coefficient (Wildman–Crippen LogP) is 7.50. The van der Waals surface area contributed by atoms with Gasteiger partial charge in [0.1, 0.15) is 23.4 Å². The highest BCUT2D eigenvalue weighted by atomic mass is 19.4. The Morgan fingerprint density at radius 1 is 1.12 bits per heavy atom. The number of anilines is 3. The molecule has 0 spiro atoms. The largest absolute Gasteiger partial charge is 0.418 e. The van der Waals surface area contributed by atoms with E-state index < -0.39 is 23.2 Å². The number of hydrogen-bond acceptors (Lipinski definition) is 6. The highest BCUT2D eigenvalue weighted by Gasteiger charge is 2.34. The summed E-state index contributed by atoms with van der Waals surface area (Å²) in [4.78, 5) is 4.18. The maximum absolute atomic E-state index is 13.4. The number of unbranched alkanes of at least 4 members (excludes halogenated alkanes) is 1. The smallest absolute Gasteiger partial charge is 0.383 e.